The molecule has 0 bridgehead atoms. The lowest BCUT2D eigenvalue weighted by atomic mass is 10.2. The van der Waals surface area contributed by atoms with Crippen molar-refractivity contribution in [3.63, 3.8) is 0 Å². The van der Waals surface area contributed by atoms with Crippen LogP contribution >= 0.6 is 0 Å². The van der Waals surface area contributed by atoms with E-state index < -0.39 is 0 Å². The van der Waals surface area contributed by atoms with Crippen molar-refractivity contribution in [3.8, 4) is 0 Å². The molecule has 0 spiro atoms. The van der Waals surface area contributed by atoms with E-state index in [9.17, 15) is 0 Å². The SMILES string of the molecule is CCC(CC)n1ccc(CNc2cnn(C)c2)n1. The van der Waals surface area contributed by atoms with Gasteiger partial charge in [0.2, 0.25) is 0 Å². The maximum atomic E-state index is 4.60. The van der Waals surface area contributed by atoms with Gasteiger partial charge in [0.1, 0.15) is 0 Å². The Hall–Kier alpha value is -1.78. The van der Waals surface area contributed by atoms with Gasteiger partial charge in [-0.3, -0.25) is 9.36 Å². The second-order valence-corrected chi connectivity index (χ2v) is 4.51. The Bertz CT molecular complexity index is 481. The van der Waals surface area contributed by atoms with Crippen LogP contribution in [-0.4, -0.2) is 19.6 Å². The van der Waals surface area contributed by atoms with Crippen LogP contribution in [0.4, 0.5) is 5.69 Å². The zero-order chi connectivity index (χ0) is 13.0. The molecule has 2 heterocycles. The molecule has 0 saturated heterocycles. The van der Waals surface area contributed by atoms with Crippen LogP contribution in [0.5, 0.6) is 0 Å². The van der Waals surface area contributed by atoms with Crippen LogP contribution in [0.2, 0.25) is 0 Å². The average molecular weight is 247 g/mol. The normalized spacial score (nSPS) is 11.1. The van der Waals surface area contributed by atoms with Crippen molar-refractivity contribution < 1.29 is 0 Å². The summed E-state index contributed by atoms with van der Waals surface area (Å²) in [4.78, 5) is 0. The summed E-state index contributed by atoms with van der Waals surface area (Å²) in [5, 5.41) is 12.0. The Morgan fingerprint density at radius 3 is 2.72 bits per heavy atom. The molecule has 5 nitrogen and oxygen atoms in total. The van der Waals surface area contributed by atoms with Crippen molar-refractivity contribution >= 4 is 5.69 Å². The maximum absolute atomic E-state index is 4.60. The summed E-state index contributed by atoms with van der Waals surface area (Å²) >= 11 is 0. The molecule has 5 heteroatoms. The second-order valence-electron chi connectivity index (χ2n) is 4.51. The first-order chi connectivity index (χ1) is 8.72. The highest BCUT2D eigenvalue weighted by molar-refractivity contribution is 5.38. The molecule has 0 saturated carbocycles. The topological polar surface area (TPSA) is 47.7 Å². The first kappa shape index (κ1) is 12.7. The van der Waals surface area contributed by atoms with Crippen molar-refractivity contribution in [2.24, 2.45) is 7.05 Å². The molecule has 0 fully saturated rings. The van der Waals surface area contributed by atoms with E-state index in [4.69, 9.17) is 0 Å². The molecule has 2 aromatic rings. The van der Waals surface area contributed by atoms with Gasteiger partial charge in [-0.15, -0.1) is 0 Å². The van der Waals surface area contributed by atoms with E-state index in [1.807, 2.05) is 19.4 Å². The Labute approximate surface area is 108 Å². The Morgan fingerprint density at radius 2 is 2.11 bits per heavy atom. The van der Waals surface area contributed by atoms with E-state index in [1.54, 1.807) is 4.68 Å². The Balaban J connectivity index is 1.94. The monoisotopic (exact) mass is 247 g/mol. The Morgan fingerprint density at radius 1 is 1.33 bits per heavy atom. The van der Waals surface area contributed by atoms with Crippen LogP contribution in [0.1, 0.15) is 38.4 Å². The fourth-order valence-electron chi connectivity index (χ4n) is 2.04. The molecule has 0 aliphatic heterocycles. The molecule has 18 heavy (non-hydrogen) atoms. The number of nitrogens with one attached hydrogen (secondary N) is 1. The third-order valence-electron chi connectivity index (χ3n) is 3.16. The van der Waals surface area contributed by atoms with Gasteiger partial charge < -0.3 is 5.32 Å². The van der Waals surface area contributed by atoms with E-state index in [0.29, 0.717) is 6.04 Å². The molecule has 1 N–H and O–H groups in total. The maximum Gasteiger partial charge on any atom is 0.0815 e. The van der Waals surface area contributed by atoms with Crippen LogP contribution in [0, 0.1) is 0 Å². The third kappa shape index (κ3) is 2.91. The largest absolute Gasteiger partial charge is 0.377 e. The number of hydrogen-bond donors (Lipinski definition) is 1. The minimum atomic E-state index is 0.511. The van der Waals surface area contributed by atoms with Crippen molar-refractivity contribution in [1.82, 2.24) is 19.6 Å². The lowest BCUT2D eigenvalue weighted by Crippen LogP contribution is -2.08. The van der Waals surface area contributed by atoms with Crippen LogP contribution in [0.3, 0.4) is 0 Å². The number of anilines is 1. The van der Waals surface area contributed by atoms with Gasteiger partial charge in [-0.1, -0.05) is 13.8 Å². The van der Waals surface area contributed by atoms with Crippen molar-refractivity contribution in [3.05, 3.63) is 30.4 Å². The molecule has 2 aromatic heterocycles. The number of nitrogens with zero attached hydrogens (tertiary/aromatic N) is 4. The van der Waals surface area contributed by atoms with Gasteiger partial charge in [0, 0.05) is 19.4 Å². The average Bonchev–Trinajstić information content (AvgIpc) is 2.98. The van der Waals surface area contributed by atoms with E-state index in [-0.39, 0.29) is 0 Å². The summed E-state index contributed by atoms with van der Waals surface area (Å²) in [7, 11) is 1.91. The molecular weight excluding hydrogens is 226 g/mol. The fourth-order valence-corrected chi connectivity index (χ4v) is 2.04. The van der Waals surface area contributed by atoms with Crippen LogP contribution in [0.15, 0.2) is 24.7 Å². The van der Waals surface area contributed by atoms with Gasteiger partial charge in [0.15, 0.2) is 0 Å². The second kappa shape index (κ2) is 5.71. The Kier molecular flexibility index (Phi) is 4.02. The summed E-state index contributed by atoms with van der Waals surface area (Å²) < 4.78 is 3.85. The minimum Gasteiger partial charge on any atom is -0.377 e. The molecule has 0 unspecified atom stereocenters. The quantitative estimate of drug-likeness (QED) is 0.853. The molecule has 0 radical (unpaired) electrons. The number of rotatable bonds is 6. The van der Waals surface area contributed by atoms with Crippen molar-refractivity contribution in [2.75, 3.05) is 5.32 Å². The van der Waals surface area contributed by atoms with Gasteiger partial charge >= 0.3 is 0 Å². The molecular formula is C13H21N5. The zero-order valence-corrected chi connectivity index (χ0v) is 11.3. The molecule has 0 amide bonds. The highest BCUT2D eigenvalue weighted by atomic mass is 15.3. The number of hydrogen-bond acceptors (Lipinski definition) is 3. The lowest BCUT2D eigenvalue weighted by Gasteiger charge is -2.12. The standard InChI is InChI=1S/C13H21N5/c1-4-13(5-2)18-7-6-11(16-18)8-14-12-9-15-17(3)10-12/h6-7,9-10,13-14H,4-5,8H2,1-3H3. The van der Waals surface area contributed by atoms with Gasteiger partial charge in [0.05, 0.1) is 30.2 Å². The molecule has 0 aromatic carbocycles. The smallest absolute Gasteiger partial charge is 0.0815 e. The van der Waals surface area contributed by atoms with Gasteiger partial charge in [0.25, 0.3) is 0 Å². The van der Waals surface area contributed by atoms with Crippen LogP contribution in [0.25, 0.3) is 0 Å². The molecule has 98 valence electrons. The van der Waals surface area contributed by atoms with E-state index in [2.05, 4.69) is 46.3 Å². The molecule has 2 rings (SSSR count). The highest BCUT2D eigenvalue weighted by Crippen LogP contribution is 2.15. The van der Waals surface area contributed by atoms with Gasteiger partial charge in [-0.05, 0) is 18.9 Å². The summed E-state index contributed by atoms with van der Waals surface area (Å²) in [6.07, 6.45) is 8.08. The molecule has 0 aliphatic rings. The van der Waals surface area contributed by atoms with Crippen LogP contribution < -0.4 is 5.32 Å². The van der Waals surface area contributed by atoms with Gasteiger partial charge in [-0.2, -0.15) is 10.2 Å². The van der Waals surface area contributed by atoms with E-state index in [1.165, 1.54) is 0 Å². The predicted octanol–water partition coefficient (Wildman–Crippen LogP) is 2.59. The van der Waals surface area contributed by atoms with Crippen molar-refractivity contribution in [1.29, 1.82) is 0 Å². The molecule has 0 aliphatic carbocycles. The summed E-state index contributed by atoms with van der Waals surface area (Å²) in [5.41, 5.74) is 2.08. The first-order valence-corrected chi connectivity index (χ1v) is 6.49. The van der Waals surface area contributed by atoms with E-state index in [0.717, 1.165) is 30.8 Å². The number of aromatic nitrogens is 4. The minimum absolute atomic E-state index is 0.511. The molecule has 0 atom stereocenters. The zero-order valence-electron chi connectivity index (χ0n) is 11.3. The lowest BCUT2D eigenvalue weighted by molar-refractivity contribution is 0.426. The highest BCUT2D eigenvalue weighted by Gasteiger charge is 2.07. The summed E-state index contributed by atoms with van der Waals surface area (Å²) in [5.74, 6) is 0. The summed E-state index contributed by atoms with van der Waals surface area (Å²) in [6.45, 7) is 5.13. The third-order valence-corrected chi connectivity index (χ3v) is 3.16. The number of aryl methyl sites for hydroxylation is 1. The van der Waals surface area contributed by atoms with Gasteiger partial charge in [-0.25, -0.2) is 0 Å². The van der Waals surface area contributed by atoms with Crippen molar-refractivity contribution in [2.45, 2.75) is 39.3 Å². The van der Waals surface area contributed by atoms with Crippen LogP contribution in [-0.2, 0) is 13.6 Å². The first-order valence-electron chi connectivity index (χ1n) is 6.49. The predicted molar refractivity (Wildman–Crippen MR) is 72.4 cm³/mol. The van der Waals surface area contributed by atoms with E-state index >= 15 is 0 Å². The fraction of sp³-hybridized carbons (Fsp3) is 0.538. The summed E-state index contributed by atoms with van der Waals surface area (Å²) in [6, 6.07) is 2.58.